The van der Waals surface area contributed by atoms with Gasteiger partial charge in [-0.25, -0.2) is 9.97 Å². The van der Waals surface area contributed by atoms with Gasteiger partial charge in [0.25, 0.3) is 0 Å². The molecule has 2 heterocycles. The Labute approximate surface area is 190 Å². The van der Waals surface area contributed by atoms with E-state index in [-0.39, 0.29) is 0 Å². The maximum atomic E-state index is 6.16. The highest BCUT2D eigenvalue weighted by molar-refractivity contribution is 6.18. The van der Waals surface area contributed by atoms with E-state index < -0.39 is 0 Å². The minimum Gasteiger partial charge on any atom is -0.456 e. The lowest BCUT2D eigenvalue weighted by molar-refractivity contribution is 0.486. The number of nitrogens with zero attached hydrogens (tertiary/aromatic N) is 2. The molecule has 0 unspecified atom stereocenters. The Bertz CT molecular complexity index is 1770. The first-order valence-corrected chi connectivity index (χ1v) is 11.1. The molecule has 0 saturated heterocycles. The molecule has 5 aromatic carbocycles. The van der Waals surface area contributed by atoms with Crippen molar-refractivity contribution >= 4 is 21.7 Å². The number of hydrogen-bond donors (Lipinski definition) is 0. The molecule has 0 atom stereocenters. The molecular weight excluding hydrogens is 404 g/mol. The lowest BCUT2D eigenvalue weighted by Gasteiger charge is -2.20. The zero-order chi connectivity index (χ0) is 21.5. The molecule has 0 bridgehead atoms. The predicted molar refractivity (Wildman–Crippen MR) is 132 cm³/mol. The number of rotatable bonds is 1. The summed E-state index contributed by atoms with van der Waals surface area (Å²) in [6, 6.07) is 33.7. The first-order chi connectivity index (χ1) is 16.4. The second-order valence-corrected chi connectivity index (χ2v) is 8.58. The second kappa shape index (κ2) is 6.05. The van der Waals surface area contributed by atoms with Crippen molar-refractivity contribution in [1.82, 2.24) is 9.97 Å². The number of aromatic nitrogens is 2. The molecule has 6 aromatic rings. The van der Waals surface area contributed by atoms with Gasteiger partial charge in [0.2, 0.25) is 0 Å². The minimum atomic E-state index is 0.742. The fourth-order valence-corrected chi connectivity index (χ4v) is 5.43. The third-order valence-electron chi connectivity index (χ3n) is 6.84. The molecule has 0 fully saturated rings. The van der Waals surface area contributed by atoms with Crippen molar-refractivity contribution in [3.05, 3.63) is 97.1 Å². The molecule has 1 aliphatic heterocycles. The molecule has 3 nitrogen and oxygen atoms in total. The van der Waals surface area contributed by atoms with Gasteiger partial charge in [-0.15, -0.1) is 0 Å². The molecule has 0 saturated carbocycles. The number of para-hydroxylation sites is 1. The van der Waals surface area contributed by atoms with Crippen LogP contribution in [0.4, 0.5) is 0 Å². The molecule has 0 amide bonds. The Morgan fingerprint density at radius 3 is 2.00 bits per heavy atom. The molecule has 0 radical (unpaired) electrons. The largest absolute Gasteiger partial charge is 0.456 e. The van der Waals surface area contributed by atoms with Gasteiger partial charge in [0.1, 0.15) is 11.5 Å². The van der Waals surface area contributed by atoms with E-state index in [1.807, 2.05) is 36.4 Å². The van der Waals surface area contributed by atoms with Gasteiger partial charge in [0.15, 0.2) is 5.82 Å². The van der Waals surface area contributed by atoms with Crippen molar-refractivity contribution in [2.24, 2.45) is 0 Å². The molecule has 1 aliphatic carbocycles. The lowest BCUT2D eigenvalue weighted by Crippen LogP contribution is -2.02. The number of hydrogen-bond acceptors (Lipinski definition) is 3. The van der Waals surface area contributed by atoms with Crippen molar-refractivity contribution in [3.63, 3.8) is 0 Å². The summed E-state index contributed by atoms with van der Waals surface area (Å²) in [5, 5.41) is 3.44. The molecule has 3 heteroatoms. The molecule has 33 heavy (non-hydrogen) atoms. The summed E-state index contributed by atoms with van der Waals surface area (Å²) >= 11 is 0. The molecule has 1 aromatic heterocycles. The molecule has 152 valence electrons. The summed E-state index contributed by atoms with van der Waals surface area (Å²) in [6.07, 6.45) is 0. The molecule has 0 spiro atoms. The van der Waals surface area contributed by atoms with E-state index in [4.69, 9.17) is 14.7 Å². The van der Waals surface area contributed by atoms with Gasteiger partial charge in [-0.05, 0) is 63.4 Å². The minimum absolute atomic E-state index is 0.742. The van der Waals surface area contributed by atoms with E-state index in [0.29, 0.717) is 0 Å². The van der Waals surface area contributed by atoms with Gasteiger partial charge < -0.3 is 4.74 Å². The van der Waals surface area contributed by atoms with Crippen LogP contribution < -0.4 is 4.74 Å². The summed E-state index contributed by atoms with van der Waals surface area (Å²) in [5.74, 6) is 2.38. The zero-order valence-corrected chi connectivity index (χ0v) is 17.5. The van der Waals surface area contributed by atoms with E-state index >= 15 is 0 Å². The quantitative estimate of drug-likeness (QED) is 0.271. The van der Waals surface area contributed by atoms with Gasteiger partial charge in [-0.3, -0.25) is 0 Å². The highest BCUT2D eigenvalue weighted by Crippen LogP contribution is 2.50. The summed E-state index contributed by atoms with van der Waals surface area (Å²) in [7, 11) is 0. The van der Waals surface area contributed by atoms with Crippen LogP contribution in [0.25, 0.3) is 66.6 Å². The monoisotopic (exact) mass is 420 g/mol. The number of fused-ring (bicyclic) bond motifs is 5. The van der Waals surface area contributed by atoms with Gasteiger partial charge in [0, 0.05) is 11.1 Å². The summed E-state index contributed by atoms with van der Waals surface area (Å²) in [4.78, 5) is 10.1. The molecule has 0 N–H and O–H groups in total. The van der Waals surface area contributed by atoms with Crippen LogP contribution >= 0.6 is 0 Å². The predicted octanol–water partition coefficient (Wildman–Crippen LogP) is 7.87. The number of ether oxygens (including phenoxy) is 1. The maximum absolute atomic E-state index is 6.16. The Morgan fingerprint density at radius 2 is 1.12 bits per heavy atom. The topological polar surface area (TPSA) is 35.0 Å². The van der Waals surface area contributed by atoms with Gasteiger partial charge in [-0.2, -0.15) is 0 Å². The Hall–Kier alpha value is -4.50. The van der Waals surface area contributed by atoms with Crippen LogP contribution in [0.15, 0.2) is 97.1 Å². The molecule has 2 aliphatic rings. The molecule has 8 rings (SSSR count). The van der Waals surface area contributed by atoms with E-state index in [2.05, 4.69) is 60.7 Å². The first kappa shape index (κ1) is 17.1. The van der Waals surface area contributed by atoms with E-state index in [1.165, 1.54) is 33.0 Å². The number of benzene rings is 5. The van der Waals surface area contributed by atoms with Crippen LogP contribution in [0.3, 0.4) is 0 Å². The van der Waals surface area contributed by atoms with Gasteiger partial charge >= 0.3 is 0 Å². The third-order valence-corrected chi connectivity index (χ3v) is 6.84. The average Bonchev–Trinajstić information content (AvgIpc) is 3.20. The van der Waals surface area contributed by atoms with E-state index in [0.717, 1.165) is 45.0 Å². The van der Waals surface area contributed by atoms with Crippen LogP contribution in [-0.4, -0.2) is 9.97 Å². The highest BCUT2D eigenvalue weighted by atomic mass is 16.5. The van der Waals surface area contributed by atoms with Crippen molar-refractivity contribution in [1.29, 1.82) is 0 Å². The van der Waals surface area contributed by atoms with Crippen molar-refractivity contribution in [2.45, 2.75) is 0 Å². The van der Waals surface area contributed by atoms with Crippen LogP contribution in [0.5, 0.6) is 11.5 Å². The van der Waals surface area contributed by atoms with Crippen molar-refractivity contribution in [3.8, 4) is 56.4 Å². The van der Waals surface area contributed by atoms with Crippen molar-refractivity contribution < 1.29 is 4.74 Å². The summed E-state index contributed by atoms with van der Waals surface area (Å²) in [5.41, 5.74) is 9.03. The summed E-state index contributed by atoms with van der Waals surface area (Å²) in [6.45, 7) is 0. The second-order valence-electron chi connectivity index (χ2n) is 8.58. The summed E-state index contributed by atoms with van der Waals surface area (Å²) < 4.78 is 6.16. The lowest BCUT2D eigenvalue weighted by atomic mass is 9.97. The average molecular weight is 420 g/mol. The first-order valence-electron chi connectivity index (χ1n) is 11.1. The highest BCUT2D eigenvalue weighted by Gasteiger charge is 2.25. The van der Waals surface area contributed by atoms with Gasteiger partial charge in [-0.1, -0.05) is 66.7 Å². The van der Waals surface area contributed by atoms with Crippen molar-refractivity contribution in [2.75, 3.05) is 0 Å². The van der Waals surface area contributed by atoms with E-state index in [9.17, 15) is 0 Å². The Kier molecular flexibility index (Phi) is 3.14. The SMILES string of the molecule is c1ccc2c(c1)Oc1cccc3nc(-c4ccc5c6c(cccc46)-c4ccccc4-5)nc-2c13. The zero-order valence-electron chi connectivity index (χ0n) is 17.5. The van der Waals surface area contributed by atoms with Crippen LogP contribution in [0, 0.1) is 0 Å². The Balaban J connectivity index is 1.46. The Morgan fingerprint density at radius 1 is 0.455 bits per heavy atom. The van der Waals surface area contributed by atoms with Crippen LogP contribution in [0.1, 0.15) is 0 Å². The fourth-order valence-electron chi connectivity index (χ4n) is 5.43. The molecular formula is C30H16N2O. The third kappa shape index (κ3) is 2.18. The normalized spacial score (nSPS) is 12.5. The maximum Gasteiger partial charge on any atom is 0.161 e. The van der Waals surface area contributed by atoms with Crippen LogP contribution in [0.2, 0.25) is 0 Å². The van der Waals surface area contributed by atoms with Gasteiger partial charge in [0.05, 0.1) is 16.6 Å². The standard InChI is InChI=1S/C30H16N2O/c1-2-8-18-17(7-1)19-10-5-11-20-22(16-15-21(18)27(19)20)30-31-24-12-6-14-26-28(24)29(32-30)23-9-3-4-13-25(23)33-26/h1-16H. The van der Waals surface area contributed by atoms with Crippen LogP contribution in [-0.2, 0) is 0 Å². The smallest absolute Gasteiger partial charge is 0.161 e. The fraction of sp³-hybridized carbons (Fsp3) is 0. The van der Waals surface area contributed by atoms with E-state index in [1.54, 1.807) is 0 Å².